The van der Waals surface area contributed by atoms with Crippen molar-refractivity contribution in [3.05, 3.63) is 0 Å². The molecule has 0 aliphatic carbocycles. The molecule has 0 unspecified atom stereocenters. The Morgan fingerprint density at radius 2 is 2.40 bits per heavy atom. The van der Waals surface area contributed by atoms with Crippen LogP contribution in [0.15, 0.2) is 4.99 Å². The fourth-order valence-corrected chi connectivity index (χ4v) is 0.496. The van der Waals surface area contributed by atoms with Crippen molar-refractivity contribution in [3.63, 3.8) is 0 Å². The Kier molecular flexibility index (Phi) is 5.72. The van der Waals surface area contributed by atoms with Gasteiger partial charge >= 0.3 is 6.02 Å². The minimum atomic E-state index is -0.0175. The lowest BCUT2D eigenvalue weighted by Gasteiger charge is -1.91. The zero-order valence-electron chi connectivity index (χ0n) is 6.55. The molecule has 0 amide bonds. The number of rotatable bonds is 3. The van der Waals surface area contributed by atoms with Crippen LogP contribution in [-0.4, -0.2) is 19.3 Å². The number of ether oxygens (including phenoxy) is 1. The van der Waals surface area contributed by atoms with E-state index in [2.05, 4.69) is 16.7 Å². The maximum absolute atomic E-state index is 6.95. The topological polar surface area (TPSA) is 45.4 Å². The number of nitrogens with one attached hydrogen (secondary N) is 1. The zero-order valence-corrected chi connectivity index (χ0v) is 6.55. The predicted octanol–water partition coefficient (Wildman–Crippen LogP) is 1.83. The van der Waals surface area contributed by atoms with Crippen LogP contribution in [0.3, 0.4) is 0 Å². The lowest BCUT2D eigenvalue weighted by atomic mass is 10.3. The largest absolute Gasteiger partial charge is 0.467 e. The van der Waals surface area contributed by atoms with E-state index in [1.807, 2.05) is 0 Å². The molecule has 0 bridgehead atoms. The van der Waals surface area contributed by atoms with Gasteiger partial charge in [-0.15, -0.1) is 0 Å². The van der Waals surface area contributed by atoms with Gasteiger partial charge < -0.3 is 4.74 Å². The number of aliphatic imine (C=N–C) groups is 1. The monoisotopic (exact) mass is 142 g/mol. The van der Waals surface area contributed by atoms with Gasteiger partial charge in [-0.05, 0) is 12.8 Å². The number of hydrogen-bond acceptors (Lipinski definition) is 2. The molecule has 0 aliphatic rings. The van der Waals surface area contributed by atoms with Crippen molar-refractivity contribution in [1.29, 1.82) is 5.41 Å². The highest BCUT2D eigenvalue weighted by atomic mass is 16.5. The first-order valence-electron chi connectivity index (χ1n) is 3.46. The second-order valence-corrected chi connectivity index (χ2v) is 1.96. The van der Waals surface area contributed by atoms with Gasteiger partial charge in [0.25, 0.3) is 0 Å². The summed E-state index contributed by atoms with van der Waals surface area (Å²) in [5.74, 6) is 0. The second-order valence-electron chi connectivity index (χ2n) is 1.96. The summed E-state index contributed by atoms with van der Waals surface area (Å²) in [5, 5.41) is 6.95. The second kappa shape index (κ2) is 6.26. The number of methoxy groups -OCH3 is 1. The molecule has 0 aromatic rings. The van der Waals surface area contributed by atoms with Crippen LogP contribution in [0.1, 0.15) is 26.2 Å². The van der Waals surface area contributed by atoms with E-state index in [1.54, 1.807) is 6.21 Å². The molecule has 58 valence electrons. The third kappa shape index (κ3) is 5.28. The Balaban J connectivity index is 3.27. The zero-order chi connectivity index (χ0) is 7.82. The van der Waals surface area contributed by atoms with Gasteiger partial charge in [0.2, 0.25) is 0 Å². The average molecular weight is 142 g/mol. The van der Waals surface area contributed by atoms with Gasteiger partial charge in [-0.2, -0.15) is 0 Å². The maximum atomic E-state index is 6.95. The molecule has 0 radical (unpaired) electrons. The van der Waals surface area contributed by atoms with Crippen molar-refractivity contribution in [2.24, 2.45) is 4.99 Å². The van der Waals surface area contributed by atoms with E-state index >= 15 is 0 Å². The van der Waals surface area contributed by atoms with Crippen LogP contribution in [0.4, 0.5) is 0 Å². The molecule has 0 aromatic carbocycles. The summed E-state index contributed by atoms with van der Waals surface area (Å²) < 4.78 is 4.52. The molecule has 0 rings (SSSR count). The fraction of sp³-hybridized carbons (Fsp3) is 0.714. The molecule has 0 aliphatic heterocycles. The van der Waals surface area contributed by atoms with E-state index in [0.29, 0.717) is 0 Å². The molecule has 0 saturated heterocycles. The predicted molar refractivity (Wildman–Crippen MR) is 42.8 cm³/mol. The minimum Gasteiger partial charge on any atom is -0.467 e. The number of nitrogens with zero attached hydrogens (tertiary/aromatic N) is 1. The molecule has 0 saturated carbocycles. The lowest BCUT2D eigenvalue weighted by molar-refractivity contribution is 0.393. The van der Waals surface area contributed by atoms with E-state index in [9.17, 15) is 0 Å². The highest BCUT2D eigenvalue weighted by molar-refractivity contribution is 5.80. The van der Waals surface area contributed by atoms with Crippen molar-refractivity contribution < 1.29 is 4.74 Å². The van der Waals surface area contributed by atoms with Gasteiger partial charge in [0.1, 0.15) is 0 Å². The molecule has 0 aromatic heterocycles. The Bertz CT molecular complexity index is 121. The van der Waals surface area contributed by atoms with E-state index in [-0.39, 0.29) is 6.02 Å². The quantitative estimate of drug-likeness (QED) is 0.364. The molecular weight excluding hydrogens is 128 g/mol. The van der Waals surface area contributed by atoms with Crippen LogP contribution in [0.2, 0.25) is 0 Å². The van der Waals surface area contributed by atoms with E-state index in [1.165, 1.54) is 7.11 Å². The minimum absolute atomic E-state index is 0.0175. The van der Waals surface area contributed by atoms with Crippen molar-refractivity contribution in [2.75, 3.05) is 7.11 Å². The van der Waals surface area contributed by atoms with Gasteiger partial charge in [0, 0.05) is 6.21 Å². The molecule has 0 atom stereocenters. The van der Waals surface area contributed by atoms with Crippen LogP contribution in [0, 0.1) is 5.41 Å². The Labute approximate surface area is 61.6 Å². The van der Waals surface area contributed by atoms with Crippen molar-refractivity contribution in [3.8, 4) is 0 Å². The average Bonchev–Trinajstić information content (AvgIpc) is 1.98. The number of unbranched alkanes of at least 4 members (excludes halogenated alkanes) is 2. The summed E-state index contributed by atoms with van der Waals surface area (Å²) >= 11 is 0. The standard InChI is InChI=1S/C7H14N2O/c1-3-4-5-6-9-7(8)10-2/h6,8H,3-5H2,1-2H3. The smallest absolute Gasteiger partial charge is 0.308 e. The molecule has 0 fully saturated rings. The first-order valence-corrected chi connectivity index (χ1v) is 3.46. The van der Waals surface area contributed by atoms with Crippen molar-refractivity contribution in [1.82, 2.24) is 0 Å². The van der Waals surface area contributed by atoms with E-state index in [4.69, 9.17) is 5.41 Å². The van der Waals surface area contributed by atoms with Crippen LogP contribution < -0.4 is 0 Å². The van der Waals surface area contributed by atoms with Crippen LogP contribution in [-0.2, 0) is 4.74 Å². The molecule has 3 heteroatoms. The summed E-state index contributed by atoms with van der Waals surface area (Å²) in [4.78, 5) is 3.72. The molecule has 3 nitrogen and oxygen atoms in total. The summed E-state index contributed by atoms with van der Waals surface area (Å²) in [6.07, 6.45) is 4.93. The molecule has 0 heterocycles. The van der Waals surface area contributed by atoms with Gasteiger partial charge in [-0.25, -0.2) is 10.4 Å². The van der Waals surface area contributed by atoms with Crippen LogP contribution in [0.5, 0.6) is 0 Å². The molecule has 1 N–H and O–H groups in total. The Morgan fingerprint density at radius 3 is 2.90 bits per heavy atom. The van der Waals surface area contributed by atoms with Crippen molar-refractivity contribution >= 4 is 12.2 Å². The van der Waals surface area contributed by atoms with Gasteiger partial charge in [-0.3, -0.25) is 0 Å². The number of hydrogen-bond donors (Lipinski definition) is 1. The fourth-order valence-electron chi connectivity index (χ4n) is 0.496. The maximum Gasteiger partial charge on any atom is 0.308 e. The SMILES string of the molecule is CCCCC=NC(=N)OC. The van der Waals surface area contributed by atoms with Crippen LogP contribution >= 0.6 is 0 Å². The first-order chi connectivity index (χ1) is 4.81. The normalized spacial score (nSPS) is 10.2. The number of amidine groups is 1. The molecular formula is C7H14N2O. The van der Waals surface area contributed by atoms with Crippen LogP contribution in [0.25, 0.3) is 0 Å². The highest BCUT2D eigenvalue weighted by Crippen LogP contribution is 1.89. The summed E-state index contributed by atoms with van der Waals surface area (Å²) in [6.45, 7) is 2.12. The van der Waals surface area contributed by atoms with Gasteiger partial charge in [0.15, 0.2) is 0 Å². The van der Waals surface area contributed by atoms with E-state index < -0.39 is 0 Å². The Morgan fingerprint density at radius 1 is 1.70 bits per heavy atom. The van der Waals surface area contributed by atoms with Gasteiger partial charge in [-0.1, -0.05) is 13.3 Å². The molecule has 10 heavy (non-hydrogen) atoms. The third-order valence-electron chi connectivity index (χ3n) is 1.09. The third-order valence-corrected chi connectivity index (χ3v) is 1.09. The summed E-state index contributed by atoms with van der Waals surface area (Å²) in [7, 11) is 1.44. The molecule has 0 spiro atoms. The van der Waals surface area contributed by atoms with Gasteiger partial charge in [0.05, 0.1) is 7.11 Å². The van der Waals surface area contributed by atoms with Crippen molar-refractivity contribution in [2.45, 2.75) is 26.2 Å². The summed E-state index contributed by atoms with van der Waals surface area (Å²) in [6, 6.07) is -0.0175. The highest BCUT2D eigenvalue weighted by Gasteiger charge is 1.84. The summed E-state index contributed by atoms with van der Waals surface area (Å²) in [5.41, 5.74) is 0. The lowest BCUT2D eigenvalue weighted by Crippen LogP contribution is -1.93. The first kappa shape index (κ1) is 9.14. The Hall–Kier alpha value is -0.860. The van der Waals surface area contributed by atoms with E-state index in [0.717, 1.165) is 19.3 Å².